The molecule has 3 aromatic rings. The van der Waals surface area contributed by atoms with Gasteiger partial charge in [-0.1, -0.05) is 91.0 Å². The lowest BCUT2D eigenvalue weighted by Gasteiger charge is -2.25. The summed E-state index contributed by atoms with van der Waals surface area (Å²) in [4.78, 5) is 11.8. The maximum atomic E-state index is 11.8. The Morgan fingerprint density at radius 1 is 0.788 bits per heavy atom. The molecule has 0 aliphatic carbocycles. The highest BCUT2D eigenvalue weighted by Crippen LogP contribution is 2.38. The summed E-state index contributed by atoms with van der Waals surface area (Å²) in [5, 5.41) is 0. The zero-order valence-electron chi connectivity index (χ0n) is 18.6. The molecule has 0 unspecified atom stereocenters. The Morgan fingerprint density at radius 2 is 1.30 bits per heavy atom. The summed E-state index contributed by atoms with van der Waals surface area (Å²) in [5.41, 5.74) is 3.12. The van der Waals surface area contributed by atoms with E-state index >= 15 is 0 Å². The SMILES string of the molecule is COC(=O)/C=C\[C@@H]1O[C@H](c2ccccc2)[C@@H](OCc2ccccc2)[C@@H]1OCc1ccccc1. The molecule has 5 nitrogen and oxygen atoms in total. The van der Waals surface area contributed by atoms with Crippen LogP contribution in [0.5, 0.6) is 0 Å². The van der Waals surface area contributed by atoms with Gasteiger partial charge in [0.05, 0.1) is 20.3 Å². The van der Waals surface area contributed by atoms with Crippen molar-refractivity contribution in [3.8, 4) is 0 Å². The molecule has 0 saturated carbocycles. The van der Waals surface area contributed by atoms with Crippen molar-refractivity contribution in [2.24, 2.45) is 0 Å². The van der Waals surface area contributed by atoms with E-state index in [-0.39, 0.29) is 12.2 Å². The molecular weight excluding hydrogens is 416 g/mol. The molecule has 33 heavy (non-hydrogen) atoms. The standard InChI is InChI=1S/C28H28O5/c1-30-25(29)18-17-24-27(31-19-21-11-5-2-6-12-21)28(32-20-22-13-7-3-8-14-22)26(33-24)23-15-9-4-10-16-23/h2-18,24,26-28H,19-20H2,1H3/b18-17-/t24-,26+,27+,28+/m0/s1. The van der Waals surface area contributed by atoms with E-state index in [4.69, 9.17) is 18.9 Å². The fourth-order valence-electron chi connectivity index (χ4n) is 3.90. The topological polar surface area (TPSA) is 54.0 Å². The molecule has 0 aromatic heterocycles. The third kappa shape index (κ3) is 6.17. The van der Waals surface area contributed by atoms with Gasteiger partial charge in [0.25, 0.3) is 0 Å². The highest BCUT2D eigenvalue weighted by Gasteiger charge is 2.46. The minimum absolute atomic E-state index is 0.344. The zero-order valence-corrected chi connectivity index (χ0v) is 18.6. The first kappa shape index (κ1) is 22.9. The van der Waals surface area contributed by atoms with Crippen LogP contribution in [0.2, 0.25) is 0 Å². The van der Waals surface area contributed by atoms with Gasteiger partial charge in [0.2, 0.25) is 0 Å². The summed E-state index contributed by atoms with van der Waals surface area (Å²) in [6, 6.07) is 29.9. The lowest BCUT2D eigenvalue weighted by atomic mass is 10.0. The highest BCUT2D eigenvalue weighted by atomic mass is 16.6. The quantitative estimate of drug-likeness (QED) is 0.342. The molecule has 0 spiro atoms. The molecule has 1 aliphatic heterocycles. The van der Waals surface area contributed by atoms with Gasteiger partial charge >= 0.3 is 5.97 Å². The van der Waals surface area contributed by atoms with Crippen molar-refractivity contribution in [2.75, 3.05) is 7.11 Å². The van der Waals surface area contributed by atoms with Crippen molar-refractivity contribution in [1.82, 2.24) is 0 Å². The maximum Gasteiger partial charge on any atom is 0.330 e. The van der Waals surface area contributed by atoms with Crippen LogP contribution < -0.4 is 0 Å². The van der Waals surface area contributed by atoms with E-state index in [2.05, 4.69) is 0 Å². The number of methoxy groups -OCH3 is 1. The summed E-state index contributed by atoms with van der Waals surface area (Å²) in [6.45, 7) is 0.834. The monoisotopic (exact) mass is 444 g/mol. The van der Waals surface area contributed by atoms with Crippen LogP contribution in [-0.4, -0.2) is 31.4 Å². The third-order valence-electron chi connectivity index (χ3n) is 5.57. The second-order valence-electron chi connectivity index (χ2n) is 7.84. The number of hydrogen-bond acceptors (Lipinski definition) is 5. The average molecular weight is 445 g/mol. The minimum Gasteiger partial charge on any atom is -0.466 e. The van der Waals surface area contributed by atoms with E-state index in [1.807, 2.05) is 91.0 Å². The van der Waals surface area contributed by atoms with Gasteiger partial charge in [-0.15, -0.1) is 0 Å². The van der Waals surface area contributed by atoms with Crippen molar-refractivity contribution in [2.45, 2.75) is 37.6 Å². The van der Waals surface area contributed by atoms with Crippen LogP contribution in [-0.2, 0) is 37.0 Å². The van der Waals surface area contributed by atoms with Gasteiger partial charge in [0.1, 0.15) is 24.4 Å². The first-order chi connectivity index (χ1) is 16.2. The molecule has 1 fully saturated rings. The molecular formula is C28H28O5. The predicted molar refractivity (Wildman–Crippen MR) is 125 cm³/mol. The van der Waals surface area contributed by atoms with Crippen molar-refractivity contribution in [3.05, 3.63) is 120 Å². The van der Waals surface area contributed by atoms with E-state index in [9.17, 15) is 4.79 Å². The Labute approximate surface area is 194 Å². The van der Waals surface area contributed by atoms with Gasteiger partial charge in [0, 0.05) is 6.08 Å². The molecule has 0 amide bonds. The van der Waals surface area contributed by atoms with Gasteiger partial charge < -0.3 is 18.9 Å². The molecule has 0 N–H and O–H groups in total. The molecule has 0 radical (unpaired) electrons. The third-order valence-corrected chi connectivity index (χ3v) is 5.57. The van der Waals surface area contributed by atoms with E-state index in [0.717, 1.165) is 16.7 Å². The van der Waals surface area contributed by atoms with Crippen molar-refractivity contribution >= 4 is 5.97 Å². The molecule has 1 saturated heterocycles. The fraction of sp³-hybridized carbons (Fsp3) is 0.250. The summed E-state index contributed by atoms with van der Waals surface area (Å²) < 4.78 is 24.0. The van der Waals surface area contributed by atoms with Crippen LogP contribution in [0.4, 0.5) is 0 Å². The van der Waals surface area contributed by atoms with Gasteiger partial charge in [-0.3, -0.25) is 0 Å². The first-order valence-electron chi connectivity index (χ1n) is 11.0. The fourth-order valence-corrected chi connectivity index (χ4v) is 3.90. The van der Waals surface area contributed by atoms with Crippen LogP contribution >= 0.6 is 0 Å². The molecule has 170 valence electrons. The number of rotatable bonds is 9. The van der Waals surface area contributed by atoms with Crippen molar-refractivity contribution < 1.29 is 23.7 Å². The smallest absolute Gasteiger partial charge is 0.330 e. The summed E-state index contributed by atoms with van der Waals surface area (Å²) >= 11 is 0. The molecule has 0 bridgehead atoms. The van der Waals surface area contributed by atoms with E-state index < -0.39 is 18.2 Å². The highest BCUT2D eigenvalue weighted by molar-refractivity contribution is 5.81. The summed E-state index contributed by atoms with van der Waals surface area (Å²) in [5.74, 6) is -0.440. The Bertz CT molecular complexity index is 1020. The Hall–Kier alpha value is -3.25. The number of esters is 1. The summed E-state index contributed by atoms with van der Waals surface area (Å²) in [7, 11) is 1.35. The Morgan fingerprint density at radius 3 is 1.85 bits per heavy atom. The van der Waals surface area contributed by atoms with Gasteiger partial charge in [-0.25, -0.2) is 4.79 Å². The zero-order chi connectivity index (χ0) is 22.9. The average Bonchev–Trinajstić information content (AvgIpc) is 3.23. The van der Waals surface area contributed by atoms with Gasteiger partial charge in [-0.05, 0) is 22.8 Å². The minimum atomic E-state index is -0.473. The van der Waals surface area contributed by atoms with E-state index in [0.29, 0.717) is 13.2 Å². The lowest BCUT2D eigenvalue weighted by Crippen LogP contribution is -2.35. The lowest BCUT2D eigenvalue weighted by molar-refractivity contribution is -0.134. The molecule has 4 rings (SSSR count). The van der Waals surface area contributed by atoms with Gasteiger partial charge in [-0.2, -0.15) is 0 Å². The Balaban J connectivity index is 1.60. The van der Waals surface area contributed by atoms with Crippen molar-refractivity contribution in [3.63, 3.8) is 0 Å². The maximum absolute atomic E-state index is 11.8. The van der Waals surface area contributed by atoms with Crippen LogP contribution in [0.25, 0.3) is 0 Å². The molecule has 4 atom stereocenters. The summed E-state index contributed by atoms with van der Waals surface area (Å²) in [6.07, 6.45) is 1.47. The number of benzene rings is 3. The second kappa shape index (κ2) is 11.6. The Kier molecular flexibility index (Phi) is 8.04. The molecule has 5 heteroatoms. The van der Waals surface area contributed by atoms with Gasteiger partial charge in [0.15, 0.2) is 0 Å². The van der Waals surface area contributed by atoms with E-state index in [1.54, 1.807) is 6.08 Å². The van der Waals surface area contributed by atoms with Crippen LogP contribution in [0.3, 0.4) is 0 Å². The normalized spacial score (nSPS) is 22.5. The number of carbonyl (C=O) groups is 1. The second-order valence-corrected chi connectivity index (χ2v) is 7.84. The number of ether oxygens (including phenoxy) is 4. The molecule has 1 heterocycles. The largest absolute Gasteiger partial charge is 0.466 e. The molecule has 1 aliphatic rings. The first-order valence-corrected chi connectivity index (χ1v) is 11.0. The van der Waals surface area contributed by atoms with E-state index in [1.165, 1.54) is 13.2 Å². The van der Waals surface area contributed by atoms with Crippen LogP contribution in [0.1, 0.15) is 22.8 Å². The van der Waals surface area contributed by atoms with Crippen molar-refractivity contribution in [1.29, 1.82) is 0 Å². The number of hydrogen-bond donors (Lipinski definition) is 0. The predicted octanol–water partition coefficient (Wildman–Crippen LogP) is 5.03. The van der Waals surface area contributed by atoms with Crippen LogP contribution in [0, 0.1) is 0 Å². The number of carbonyl (C=O) groups excluding carboxylic acids is 1. The molecule has 3 aromatic carbocycles. The van der Waals surface area contributed by atoms with Crippen LogP contribution in [0.15, 0.2) is 103 Å².